The van der Waals surface area contributed by atoms with E-state index in [0.717, 1.165) is 0 Å². The van der Waals surface area contributed by atoms with Crippen LogP contribution in [0.2, 0.25) is 5.02 Å². The van der Waals surface area contributed by atoms with Crippen molar-refractivity contribution in [2.24, 2.45) is 0 Å². The predicted molar refractivity (Wildman–Crippen MR) is 55.4 cm³/mol. The predicted octanol–water partition coefficient (Wildman–Crippen LogP) is 3.05. The van der Waals surface area contributed by atoms with E-state index in [1.807, 2.05) is 0 Å². The van der Waals surface area contributed by atoms with Gasteiger partial charge in [-0.05, 0) is 18.2 Å². The molecule has 0 heterocycles. The van der Waals surface area contributed by atoms with E-state index in [9.17, 15) is 9.18 Å². The number of benzene rings is 1. The fraction of sp³-hybridized carbons (Fsp3) is 0.222. The first kappa shape index (κ1) is 11.3. The molecule has 5 heteroatoms. The molecule has 2 nitrogen and oxygen atoms in total. The summed E-state index contributed by atoms with van der Waals surface area (Å²) in [6.45, 7) is 0. The summed E-state index contributed by atoms with van der Waals surface area (Å²) in [5.41, 5.74) is 0.338. The lowest BCUT2D eigenvalue weighted by molar-refractivity contribution is -0.115. The summed E-state index contributed by atoms with van der Waals surface area (Å²) in [7, 11) is 0. The maximum Gasteiger partial charge on any atom is 0.225 e. The minimum atomic E-state index is -0.487. The number of rotatable bonds is 3. The lowest BCUT2D eigenvalue weighted by Gasteiger charge is -2.04. The second kappa shape index (κ2) is 5.17. The third-order valence-corrected chi connectivity index (χ3v) is 1.88. The van der Waals surface area contributed by atoms with Crippen LogP contribution in [0.4, 0.5) is 10.1 Å². The van der Waals surface area contributed by atoms with E-state index in [4.69, 9.17) is 23.2 Å². The van der Waals surface area contributed by atoms with Gasteiger partial charge in [0.05, 0.1) is 0 Å². The van der Waals surface area contributed by atoms with Crippen LogP contribution in [0.1, 0.15) is 6.42 Å². The number of halogens is 3. The summed E-state index contributed by atoms with van der Waals surface area (Å²) in [5, 5.41) is 2.72. The summed E-state index contributed by atoms with van der Waals surface area (Å²) >= 11 is 11.0. The standard InChI is InChI=1S/C9H8Cl2FNO/c10-2-1-9(14)13-8-4-6(11)3-7(12)5-8/h3-5H,1-2H2,(H,13,14). The first-order valence-electron chi connectivity index (χ1n) is 3.93. The molecule has 1 rings (SSSR count). The maximum absolute atomic E-state index is 12.8. The average molecular weight is 236 g/mol. The molecule has 0 radical (unpaired) electrons. The summed E-state index contributed by atoms with van der Waals surface area (Å²) in [6.07, 6.45) is 0.190. The van der Waals surface area contributed by atoms with E-state index < -0.39 is 5.82 Å². The third kappa shape index (κ3) is 3.52. The molecule has 0 unspecified atom stereocenters. The number of carbonyl (C=O) groups excluding carboxylic acids is 1. The van der Waals surface area contributed by atoms with Gasteiger partial charge in [0.15, 0.2) is 0 Å². The molecule has 0 spiro atoms. The zero-order valence-electron chi connectivity index (χ0n) is 7.19. The molecule has 0 saturated heterocycles. The average Bonchev–Trinajstić information content (AvgIpc) is 2.01. The van der Waals surface area contributed by atoms with Gasteiger partial charge >= 0.3 is 0 Å². The van der Waals surface area contributed by atoms with Crippen LogP contribution in [0.5, 0.6) is 0 Å². The molecule has 0 aliphatic rings. The minimum Gasteiger partial charge on any atom is -0.326 e. The molecule has 0 saturated carbocycles. The zero-order valence-corrected chi connectivity index (χ0v) is 8.70. The van der Waals surface area contributed by atoms with Crippen molar-refractivity contribution in [1.82, 2.24) is 0 Å². The van der Waals surface area contributed by atoms with E-state index in [1.54, 1.807) is 0 Å². The van der Waals surface area contributed by atoms with Crippen LogP contribution in [-0.4, -0.2) is 11.8 Å². The first-order chi connectivity index (χ1) is 6.61. The van der Waals surface area contributed by atoms with Crippen LogP contribution < -0.4 is 5.32 Å². The largest absolute Gasteiger partial charge is 0.326 e. The highest BCUT2D eigenvalue weighted by Gasteiger charge is 2.03. The Morgan fingerprint density at radius 1 is 1.43 bits per heavy atom. The Morgan fingerprint density at radius 2 is 2.14 bits per heavy atom. The minimum absolute atomic E-state index is 0.190. The van der Waals surface area contributed by atoms with E-state index in [-0.39, 0.29) is 23.2 Å². The van der Waals surface area contributed by atoms with Gasteiger partial charge in [0.25, 0.3) is 0 Å². The van der Waals surface area contributed by atoms with Gasteiger partial charge in [0.1, 0.15) is 5.82 Å². The van der Waals surface area contributed by atoms with Gasteiger partial charge in [0, 0.05) is 23.0 Å². The van der Waals surface area contributed by atoms with E-state index in [0.29, 0.717) is 5.69 Å². The van der Waals surface area contributed by atoms with Crippen molar-refractivity contribution in [2.45, 2.75) is 6.42 Å². The lowest BCUT2D eigenvalue weighted by atomic mass is 10.3. The molecule has 0 bridgehead atoms. The summed E-state index contributed by atoms with van der Waals surface area (Å²) in [5.74, 6) is -0.519. The monoisotopic (exact) mass is 235 g/mol. The maximum atomic E-state index is 12.8. The number of amides is 1. The van der Waals surface area contributed by atoms with Crippen molar-refractivity contribution in [3.8, 4) is 0 Å². The molecule has 1 N–H and O–H groups in total. The smallest absolute Gasteiger partial charge is 0.225 e. The Balaban J connectivity index is 2.71. The lowest BCUT2D eigenvalue weighted by Crippen LogP contribution is -2.11. The fourth-order valence-corrected chi connectivity index (χ4v) is 1.33. The molecule has 1 aromatic rings. The fourth-order valence-electron chi connectivity index (χ4n) is 0.935. The number of hydrogen-bond acceptors (Lipinski definition) is 1. The van der Waals surface area contributed by atoms with Gasteiger partial charge < -0.3 is 5.32 Å². The summed E-state index contributed by atoms with van der Waals surface area (Å²) in [6, 6.07) is 3.83. The van der Waals surface area contributed by atoms with Crippen LogP contribution >= 0.6 is 23.2 Å². The number of carbonyl (C=O) groups is 1. The number of alkyl halides is 1. The van der Waals surface area contributed by atoms with Gasteiger partial charge in [-0.15, -0.1) is 11.6 Å². The topological polar surface area (TPSA) is 29.1 Å². The van der Waals surface area contributed by atoms with Crippen molar-refractivity contribution >= 4 is 34.8 Å². The highest BCUT2D eigenvalue weighted by molar-refractivity contribution is 6.30. The number of hydrogen-bond donors (Lipinski definition) is 1. The number of anilines is 1. The van der Waals surface area contributed by atoms with Crippen molar-refractivity contribution in [3.05, 3.63) is 29.0 Å². The van der Waals surface area contributed by atoms with Crippen LogP contribution in [0.15, 0.2) is 18.2 Å². The SMILES string of the molecule is O=C(CCCl)Nc1cc(F)cc(Cl)c1. The molecule has 14 heavy (non-hydrogen) atoms. The van der Waals surface area contributed by atoms with Crippen LogP contribution in [0.3, 0.4) is 0 Å². The highest BCUT2D eigenvalue weighted by atomic mass is 35.5. The Hall–Kier alpha value is -0.800. The number of nitrogens with one attached hydrogen (secondary N) is 1. The molecule has 0 aromatic heterocycles. The third-order valence-electron chi connectivity index (χ3n) is 1.47. The van der Waals surface area contributed by atoms with E-state index in [2.05, 4.69) is 5.32 Å². The second-order valence-corrected chi connectivity index (χ2v) is 3.46. The van der Waals surface area contributed by atoms with Crippen molar-refractivity contribution in [1.29, 1.82) is 0 Å². The first-order valence-corrected chi connectivity index (χ1v) is 4.85. The van der Waals surface area contributed by atoms with Crippen molar-refractivity contribution in [2.75, 3.05) is 11.2 Å². The van der Waals surface area contributed by atoms with E-state index >= 15 is 0 Å². The van der Waals surface area contributed by atoms with Crippen molar-refractivity contribution < 1.29 is 9.18 Å². The molecule has 1 aromatic carbocycles. The quantitative estimate of drug-likeness (QED) is 0.803. The summed E-state index contributed by atoms with van der Waals surface area (Å²) in [4.78, 5) is 11.1. The van der Waals surface area contributed by atoms with Gasteiger partial charge in [-0.1, -0.05) is 11.6 Å². The molecular formula is C9H8Cl2FNO. The normalized spacial score (nSPS) is 9.93. The van der Waals surface area contributed by atoms with E-state index in [1.165, 1.54) is 18.2 Å². The second-order valence-electron chi connectivity index (χ2n) is 2.65. The molecule has 0 fully saturated rings. The molecule has 0 aliphatic carbocycles. The van der Waals surface area contributed by atoms with Gasteiger partial charge in [-0.3, -0.25) is 4.79 Å². The molecule has 0 aliphatic heterocycles. The van der Waals surface area contributed by atoms with Crippen LogP contribution in [0.25, 0.3) is 0 Å². The van der Waals surface area contributed by atoms with Gasteiger partial charge in [-0.2, -0.15) is 0 Å². The molecule has 76 valence electrons. The highest BCUT2D eigenvalue weighted by Crippen LogP contribution is 2.18. The Kier molecular flexibility index (Phi) is 4.17. The van der Waals surface area contributed by atoms with Crippen LogP contribution in [0, 0.1) is 5.82 Å². The zero-order chi connectivity index (χ0) is 10.6. The van der Waals surface area contributed by atoms with Gasteiger partial charge in [-0.25, -0.2) is 4.39 Å². The summed E-state index contributed by atoms with van der Waals surface area (Å²) < 4.78 is 12.8. The molecule has 1 amide bonds. The molecular weight excluding hydrogens is 228 g/mol. The van der Waals surface area contributed by atoms with Crippen LogP contribution in [-0.2, 0) is 4.79 Å². The Bertz CT molecular complexity index is 323. The Labute approximate surface area is 91.0 Å². The Morgan fingerprint density at radius 3 is 2.71 bits per heavy atom. The van der Waals surface area contributed by atoms with Crippen molar-refractivity contribution in [3.63, 3.8) is 0 Å². The molecule has 0 atom stereocenters. The van der Waals surface area contributed by atoms with Gasteiger partial charge in [0.2, 0.25) is 5.91 Å².